The first-order valence-electron chi connectivity index (χ1n) is 19.8. The molecule has 0 saturated carbocycles. The van der Waals surface area contributed by atoms with E-state index in [2.05, 4.69) is 16.0 Å². The quantitative estimate of drug-likeness (QED) is 0.238. The molecule has 2 aliphatic heterocycles. The average Bonchev–Trinajstić information content (AvgIpc) is 3.85. The van der Waals surface area contributed by atoms with Crippen LogP contribution in [0.3, 0.4) is 0 Å². The summed E-state index contributed by atoms with van der Waals surface area (Å²) in [7, 11) is 3.47. The zero-order valence-electron chi connectivity index (χ0n) is 34.6. The number of carbonyl (C=O) groups is 5. The molecule has 300 valence electrons. The Morgan fingerprint density at radius 1 is 0.836 bits per heavy atom. The van der Waals surface area contributed by atoms with Crippen LogP contribution >= 0.6 is 0 Å². The second-order valence-corrected chi connectivity index (χ2v) is 17.2. The van der Waals surface area contributed by atoms with E-state index < -0.39 is 41.0 Å². The maximum absolute atomic E-state index is 14.4. The summed E-state index contributed by atoms with van der Waals surface area (Å²) in [5, 5.41) is 9.27. The standard InChI is InChI=1S/C44H64N6O5/c1-29(2)35(48(10)42(55)37(43(4,5)6)47-39(52)36(45-9)44(7,8)32-21-15-12-16-22-32)27-30(3)40(53)50-26-18-24-34(50)41(54)49-25-17-23-33(49)38(51)46-28-31-19-13-11-14-20-31/h11-16,19-22,27,29,33-37,45H,17-18,23-26,28H2,1-10H3,(H,46,51)(H,47,52)/t33-,34-,35-,36-,37-/m1/s1. The minimum Gasteiger partial charge on any atom is -0.350 e. The monoisotopic (exact) mass is 756 g/mol. The Kier molecular flexibility index (Phi) is 14.5. The van der Waals surface area contributed by atoms with E-state index in [0.29, 0.717) is 44.5 Å². The first-order valence-corrected chi connectivity index (χ1v) is 19.8. The third kappa shape index (κ3) is 10.2. The van der Waals surface area contributed by atoms with Gasteiger partial charge in [-0.2, -0.15) is 0 Å². The van der Waals surface area contributed by atoms with Gasteiger partial charge in [-0.1, -0.05) is 115 Å². The van der Waals surface area contributed by atoms with E-state index in [9.17, 15) is 24.0 Å². The van der Waals surface area contributed by atoms with Gasteiger partial charge in [0.15, 0.2) is 0 Å². The van der Waals surface area contributed by atoms with Crippen LogP contribution in [0.4, 0.5) is 0 Å². The molecule has 2 fully saturated rings. The third-order valence-corrected chi connectivity index (χ3v) is 11.4. The summed E-state index contributed by atoms with van der Waals surface area (Å²) in [5.41, 5.74) is 1.22. The smallest absolute Gasteiger partial charge is 0.249 e. The van der Waals surface area contributed by atoms with Crippen molar-refractivity contribution in [2.24, 2.45) is 11.3 Å². The molecule has 5 amide bonds. The van der Waals surface area contributed by atoms with Crippen LogP contribution in [0.15, 0.2) is 72.3 Å². The van der Waals surface area contributed by atoms with Crippen molar-refractivity contribution < 1.29 is 24.0 Å². The fourth-order valence-corrected chi connectivity index (χ4v) is 8.05. The summed E-state index contributed by atoms with van der Waals surface area (Å²) in [5.74, 6) is -1.23. The highest BCUT2D eigenvalue weighted by molar-refractivity contribution is 5.98. The Balaban J connectivity index is 1.48. The zero-order valence-corrected chi connectivity index (χ0v) is 34.6. The van der Waals surface area contributed by atoms with Gasteiger partial charge in [-0.05, 0) is 62.1 Å². The van der Waals surface area contributed by atoms with Crippen LogP contribution in [0.5, 0.6) is 0 Å². The first-order chi connectivity index (χ1) is 25.9. The molecular weight excluding hydrogens is 693 g/mol. The molecule has 0 radical (unpaired) electrons. The molecule has 2 aromatic rings. The number of likely N-dealkylation sites (N-methyl/N-ethyl adjacent to an activating group) is 2. The summed E-state index contributed by atoms with van der Waals surface area (Å²) in [6.45, 7) is 16.8. The number of nitrogens with zero attached hydrogens (tertiary/aromatic N) is 3. The zero-order chi connectivity index (χ0) is 40.7. The number of benzene rings is 2. The number of carbonyl (C=O) groups excluding carboxylic acids is 5. The summed E-state index contributed by atoms with van der Waals surface area (Å²) in [6.07, 6.45) is 4.33. The van der Waals surface area contributed by atoms with Crippen LogP contribution in [0.1, 0.15) is 92.2 Å². The largest absolute Gasteiger partial charge is 0.350 e. The lowest BCUT2D eigenvalue weighted by molar-refractivity contribution is -0.145. The van der Waals surface area contributed by atoms with Crippen molar-refractivity contribution in [2.75, 3.05) is 27.2 Å². The summed E-state index contributed by atoms with van der Waals surface area (Å²) in [6, 6.07) is 16.3. The Morgan fingerprint density at radius 3 is 1.96 bits per heavy atom. The lowest BCUT2D eigenvalue weighted by Gasteiger charge is -2.40. The molecule has 0 unspecified atom stereocenters. The predicted octanol–water partition coefficient (Wildman–Crippen LogP) is 4.81. The maximum atomic E-state index is 14.4. The highest BCUT2D eigenvalue weighted by Crippen LogP contribution is 2.30. The van der Waals surface area contributed by atoms with Crippen LogP contribution in [0.2, 0.25) is 0 Å². The Hall–Kier alpha value is -4.51. The van der Waals surface area contributed by atoms with Crippen LogP contribution in [-0.2, 0) is 35.9 Å². The van der Waals surface area contributed by atoms with Crippen molar-refractivity contribution in [2.45, 2.75) is 123 Å². The SMILES string of the molecule is CN[C@H](C(=O)N[C@H](C(=O)N(C)[C@H](C=C(C)C(=O)N1CCC[C@@H]1C(=O)N1CCC[C@@H]1C(=O)NCc1ccccc1)C(C)C)C(C)(C)C)C(C)(C)c1ccccc1. The van der Waals surface area contributed by atoms with E-state index in [4.69, 9.17) is 0 Å². The lowest BCUT2D eigenvalue weighted by Crippen LogP contribution is -2.61. The van der Waals surface area contributed by atoms with Gasteiger partial charge in [0.05, 0.1) is 12.1 Å². The van der Waals surface area contributed by atoms with Crippen LogP contribution < -0.4 is 16.0 Å². The van der Waals surface area contributed by atoms with Crippen molar-refractivity contribution in [3.8, 4) is 0 Å². The molecule has 2 heterocycles. The summed E-state index contributed by atoms with van der Waals surface area (Å²) >= 11 is 0. The highest BCUT2D eigenvalue weighted by atomic mass is 16.2. The number of hydrogen-bond donors (Lipinski definition) is 3. The minimum atomic E-state index is -0.850. The number of likely N-dealkylation sites (tertiary alicyclic amines) is 2. The summed E-state index contributed by atoms with van der Waals surface area (Å²) in [4.78, 5) is 74.6. The fourth-order valence-electron chi connectivity index (χ4n) is 8.05. The summed E-state index contributed by atoms with van der Waals surface area (Å²) < 4.78 is 0. The van der Waals surface area contributed by atoms with Gasteiger partial charge >= 0.3 is 0 Å². The topological polar surface area (TPSA) is 131 Å². The van der Waals surface area contributed by atoms with E-state index in [1.165, 1.54) is 0 Å². The third-order valence-electron chi connectivity index (χ3n) is 11.4. The molecule has 0 spiro atoms. The Morgan fingerprint density at radius 2 is 1.40 bits per heavy atom. The van der Waals surface area contributed by atoms with Gasteiger partial charge < -0.3 is 30.7 Å². The van der Waals surface area contributed by atoms with E-state index >= 15 is 0 Å². The molecule has 0 aromatic heterocycles. The van der Waals surface area contributed by atoms with E-state index in [0.717, 1.165) is 17.5 Å². The normalized spacial score (nSPS) is 19.5. The van der Waals surface area contributed by atoms with Gasteiger partial charge in [0.25, 0.3) is 0 Å². The van der Waals surface area contributed by atoms with Crippen LogP contribution in [-0.4, -0.2) is 102 Å². The van der Waals surface area contributed by atoms with Crippen molar-refractivity contribution in [1.29, 1.82) is 0 Å². The molecule has 3 N–H and O–H groups in total. The van der Waals surface area contributed by atoms with E-state index in [1.54, 1.807) is 35.7 Å². The van der Waals surface area contributed by atoms with Crippen molar-refractivity contribution in [3.63, 3.8) is 0 Å². The van der Waals surface area contributed by atoms with Crippen LogP contribution in [0, 0.1) is 11.3 Å². The van der Waals surface area contributed by atoms with Gasteiger partial charge in [0, 0.05) is 37.7 Å². The predicted molar refractivity (Wildman–Crippen MR) is 217 cm³/mol. The Labute approximate surface area is 328 Å². The molecule has 11 heteroatoms. The molecule has 0 aliphatic carbocycles. The van der Waals surface area contributed by atoms with Crippen molar-refractivity contribution in [3.05, 3.63) is 83.4 Å². The molecule has 55 heavy (non-hydrogen) atoms. The number of rotatable bonds is 14. The van der Waals surface area contributed by atoms with E-state index in [-0.39, 0.29) is 35.5 Å². The molecule has 2 saturated heterocycles. The van der Waals surface area contributed by atoms with Gasteiger partial charge in [0.2, 0.25) is 29.5 Å². The number of amides is 5. The molecule has 2 aliphatic rings. The molecule has 4 rings (SSSR count). The maximum Gasteiger partial charge on any atom is 0.249 e. The second-order valence-electron chi connectivity index (χ2n) is 17.2. The highest BCUT2D eigenvalue weighted by Gasteiger charge is 2.44. The molecule has 0 bridgehead atoms. The number of hydrogen-bond acceptors (Lipinski definition) is 6. The molecular formula is C44H64N6O5. The molecule has 2 aromatic carbocycles. The fraction of sp³-hybridized carbons (Fsp3) is 0.568. The first kappa shape index (κ1) is 43.2. The lowest BCUT2D eigenvalue weighted by atomic mass is 9.76. The van der Waals surface area contributed by atoms with Gasteiger partial charge in [-0.25, -0.2) is 0 Å². The number of nitrogens with one attached hydrogen (secondary N) is 3. The van der Waals surface area contributed by atoms with Gasteiger partial charge in [-0.15, -0.1) is 0 Å². The van der Waals surface area contributed by atoms with Crippen molar-refractivity contribution >= 4 is 29.5 Å². The van der Waals surface area contributed by atoms with Crippen LogP contribution in [0.25, 0.3) is 0 Å². The van der Waals surface area contributed by atoms with Crippen molar-refractivity contribution in [1.82, 2.24) is 30.7 Å². The van der Waals surface area contributed by atoms with E-state index in [1.807, 2.05) is 115 Å². The minimum absolute atomic E-state index is 0.0640. The Bertz CT molecular complexity index is 1680. The average molecular weight is 757 g/mol. The molecule has 11 nitrogen and oxygen atoms in total. The van der Waals surface area contributed by atoms with Gasteiger partial charge in [0.1, 0.15) is 18.1 Å². The second kappa shape index (κ2) is 18.4. The van der Waals surface area contributed by atoms with Gasteiger partial charge in [-0.3, -0.25) is 24.0 Å². The molecule has 5 atom stereocenters.